The largest absolute Gasteiger partial charge is 0.396 e. The van der Waals surface area contributed by atoms with E-state index in [4.69, 9.17) is 0 Å². The van der Waals surface area contributed by atoms with Gasteiger partial charge in [-0.15, -0.1) is 0 Å². The van der Waals surface area contributed by atoms with Gasteiger partial charge in [-0.3, -0.25) is 4.79 Å². The first kappa shape index (κ1) is 15.0. The van der Waals surface area contributed by atoms with Crippen LogP contribution in [-0.4, -0.2) is 22.4 Å². The van der Waals surface area contributed by atoms with E-state index in [0.29, 0.717) is 5.69 Å². The topological polar surface area (TPSA) is 68.0 Å². The molecule has 21 heavy (non-hydrogen) atoms. The van der Waals surface area contributed by atoms with Crippen LogP contribution < -0.4 is 5.32 Å². The zero-order valence-corrected chi connectivity index (χ0v) is 11.0. The van der Waals surface area contributed by atoms with Crippen molar-refractivity contribution < 1.29 is 22.6 Å². The molecule has 2 rings (SSSR count). The molecule has 0 fully saturated rings. The lowest BCUT2D eigenvalue weighted by Crippen LogP contribution is -2.26. The normalized spacial score (nSPS) is 13.0. The first-order valence-corrected chi connectivity index (χ1v) is 6.08. The second-order valence-electron chi connectivity index (χ2n) is 4.46. The lowest BCUT2D eigenvalue weighted by atomic mass is 9.95. The average molecular weight is 299 g/mol. The van der Waals surface area contributed by atoms with Crippen molar-refractivity contribution in [2.24, 2.45) is 0 Å². The van der Waals surface area contributed by atoms with Crippen LogP contribution in [0.5, 0.6) is 0 Å². The molecule has 5 nitrogen and oxygen atoms in total. The Morgan fingerprint density at radius 3 is 2.48 bits per heavy atom. The van der Waals surface area contributed by atoms with Crippen LogP contribution in [0.4, 0.5) is 19.0 Å². The highest BCUT2D eigenvalue weighted by molar-refractivity contribution is 5.90. The van der Waals surface area contributed by atoms with Gasteiger partial charge in [0.15, 0.2) is 5.82 Å². The summed E-state index contributed by atoms with van der Waals surface area (Å²) >= 11 is 0. The summed E-state index contributed by atoms with van der Waals surface area (Å²) in [5, 5.41) is 9.09. The van der Waals surface area contributed by atoms with Gasteiger partial charge in [0.2, 0.25) is 5.91 Å². The van der Waals surface area contributed by atoms with E-state index in [9.17, 15) is 18.0 Å². The van der Waals surface area contributed by atoms with Crippen molar-refractivity contribution in [2.75, 3.05) is 5.32 Å². The Morgan fingerprint density at radius 2 is 1.95 bits per heavy atom. The number of carbonyl (C=O) groups excluding carboxylic acids is 1. The Kier molecular flexibility index (Phi) is 4.25. The molecule has 0 bridgehead atoms. The summed E-state index contributed by atoms with van der Waals surface area (Å²) in [6, 6.07) is 7.29. The second kappa shape index (κ2) is 5.94. The fourth-order valence-electron chi connectivity index (χ4n) is 1.82. The molecule has 1 atom stereocenters. The molecule has 2 aromatic rings. The first-order valence-electron chi connectivity index (χ1n) is 6.08. The van der Waals surface area contributed by atoms with Gasteiger partial charge in [-0.2, -0.15) is 13.2 Å². The number of carbonyl (C=O) groups is 1. The number of amides is 1. The number of aryl methyl sites for hydroxylation is 1. The molecule has 0 aliphatic rings. The fourth-order valence-corrected chi connectivity index (χ4v) is 1.82. The Morgan fingerprint density at radius 1 is 1.29 bits per heavy atom. The number of nitrogens with one attached hydrogen (secondary N) is 1. The van der Waals surface area contributed by atoms with Gasteiger partial charge in [0.25, 0.3) is 0 Å². The molecule has 1 heterocycles. The highest BCUT2D eigenvalue weighted by Gasteiger charge is 2.41. The van der Waals surface area contributed by atoms with E-state index in [2.05, 4.69) is 20.3 Å². The maximum absolute atomic E-state index is 13.1. The van der Waals surface area contributed by atoms with Gasteiger partial charge in [-0.05, 0) is 17.6 Å². The van der Waals surface area contributed by atoms with Gasteiger partial charge in [-0.1, -0.05) is 35.5 Å². The van der Waals surface area contributed by atoms with Crippen molar-refractivity contribution >= 4 is 11.7 Å². The lowest BCUT2D eigenvalue weighted by molar-refractivity contribution is -0.155. The minimum absolute atomic E-state index is 0.0222. The SMILES string of the molecule is Cc1nonc1NC(=O)C[C@H](c1ccccc1)C(F)(F)F. The van der Waals surface area contributed by atoms with E-state index in [1.54, 1.807) is 6.07 Å². The number of aromatic nitrogens is 2. The molecule has 0 saturated carbocycles. The minimum Gasteiger partial charge on any atom is -0.306 e. The van der Waals surface area contributed by atoms with Crippen LogP contribution in [0.2, 0.25) is 0 Å². The summed E-state index contributed by atoms with van der Waals surface area (Å²) in [6.45, 7) is 1.52. The Hall–Kier alpha value is -2.38. The summed E-state index contributed by atoms with van der Waals surface area (Å²) in [7, 11) is 0. The molecule has 0 spiro atoms. The third-order valence-corrected chi connectivity index (χ3v) is 2.90. The average Bonchev–Trinajstić information content (AvgIpc) is 2.81. The van der Waals surface area contributed by atoms with E-state index in [1.807, 2.05) is 0 Å². The highest BCUT2D eigenvalue weighted by atomic mass is 19.4. The van der Waals surface area contributed by atoms with Gasteiger partial charge < -0.3 is 5.32 Å². The summed E-state index contributed by atoms with van der Waals surface area (Å²) < 4.78 is 43.7. The van der Waals surface area contributed by atoms with Crippen molar-refractivity contribution in [1.29, 1.82) is 0 Å². The molecular weight excluding hydrogens is 287 g/mol. The number of rotatable bonds is 4. The van der Waals surface area contributed by atoms with Crippen LogP contribution in [0.1, 0.15) is 23.6 Å². The number of nitrogens with zero attached hydrogens (tertiary/aromatic N) is 2. The minimum atomic E-state index is -4.52. The number of halogens is 3. The highest BCUT2D eigenvalue weighted by Crippen LogP contribution is 2.37. The fraction of sp³-hybridized carbons (Fsp3) is 0.308. The molecule has 0 radical (unpaired) electrons. The maximum atomic E-state index is 13.1. The monoisotopic (exact) mass is 299 g/mol. The smallest absolute Gasteiger partial charge is 0.306 e. The van der Waals surface area contributed by atoms with E-state index in [0.717, 1.165) is 0 Å². The quantitative estimate of drug-likeness (QED) is 0.942. The third-order valence-electron chi connectivity index (χ3n) is 2.90. The van der Waals surface area contributed by atoms with E-state index in [-0.39, 0.29) is 11.4 Å². The zero-order chi connectivity index (χ0) is 15.5. The van der Waals surface area contributed by atoms with Gasteiger partial charge >= 0.3 is 6.18 Å². The van der Waals surface area contributed by atoms with Crippen molar-refractivity contribution in [3.8, 4) is 0 Å². The number of alkyl halides is 3. The second-order valence-corrected chi connectivity index (χ2v) is 4.46. The van der Waals surface area contributed by atoms with Crippen molar-refractivity contribution in [1.82, 2.24) is 10.3 Å². The van der Waals surface area contributed by atoms with Crippen molar-refractivity contribution in [3.05, 3.63) is 41.6 Å². The standard InChI is InChI=1S/C13H12F3N3O2/c1-8-12(19-21-18-8)17-11(20)7-10(13(14,15)16)9-5-3-2-4-6-9/h2-6,10H,7H2,1H3,(H,17,19,20)/t10-/m1/s1. The van der Waals surface area contributed by atoms with Gasteiger partial charge in [0.05, 0.1) is 5.92 Å². The molecule has 8 heteroatoms. The molecule has 1 N–H and O–H groups in total. The van der Waals surface area contributed by atoms with E-state index in [1.165, 1.54) is 31.2 Å². The van der Waals surface area contributed by atoms with Gasteiger partial charge in [0.1, 0.15) is 5.69 Å². The number of hydrogen-bond acceptors (Lipinski definition) is 4. The van der Waals surface area contributed by atoms with Crippen molar-refractivity contribution in [3.63, 3.8) is 0 Å². The Balaban J connectivity index is 2.13. The molecule has 1 amide bonds. The molecule has 0 saturated heterocycles. The Labute approximate surface area is 118 Å². The van der Waals surface area contributed by atoms with Crippen LogP contribution in [-0.2, 0) is 4.79 Å². The predicted octanol–water partition coefficient (Wildman–Crippen LogP) is 3.05. The lowest BCUT2D eigenvalue weighted by Gasteiger charge is -2.20. The summed E-state index contributed by atoms with van der Waals surface area (Å²) in [5.41, 5.74) is 0.335. The maximum Gasteiger partial charge on any atom is 0.396 e. The number of hydrogen-bond donors (Lipinski definition) is 1. The molecule has 0 aliphatic heterocycles. The van der Waals surface area contributed by atoms with Crippen LogP contribution in [0.15, 0.2) is 35.0 Å². The third kappa shape index (κ3) is 3.80. The van der Waals surface area contributed by atoms with Crippen LogP contribution >= 0.6 is 0 Å². The van der Waals surface area contributed by atoms with E-state index < -0.39 is 24.4 Å². The van der Waals surface area contributed by atoms with Crippen LogP contribution in [0.25, 0.3) is 0 Å². The molecule has 1 aromatic heterocycles. The molecule has 112 valence electrons. The molecule has 0 unspecified atom stereocenters. The van der Waals surface area contributed by atoms with E-state index >= 15 is 0 Å². The summed E-state index contributed by atoms with van der Waals surface area (Å²) in [6.07, 6.45) is -5.25. The molecule has 0 aliphatic carbocycles. The number of benzene rings is 1. The number of anilines is 1. The van der Waals surface area contributed by atoms with Gasteiger partial charge in [0, 0.05) is 6.42 Å². The van der Waals surface area contributed by atoms with Crippen LogP contribution in [0.3, 0.4) is 0 Å². The summed E-state index contributed by atoms with van der Waals surface area (Å²) in [4.78, 5) is 11.8. The molecule has 1 aromatic carbocycles. The Bertz CT molecular complexity index is 611. The predicted molar refractivity (Wildman–Crippen MR) is 67.5 cm³/mol. The first-order chi connectivity index (χ1) is 9.88. The zero-order valence-electron chi connectivity index (χ0n) is 11.0. The summed E-state index contributed by atoms with van der Waals surface area (Å²) in [5.74, 6) is -2.66. The molecular formula is C13H12F3N3O2. The van der Waals surface area contributed by atoms with Crippen LogP contribution in [0, 0.1) is 6.92 Å². The van der Waals surface area contributed by atoms with Gasteiger partial charge in [-0.25, -0.2) is 4.63 Å². The van der Waals surface area contributed by atoms with Crippen molar-refractivity contribution in [2.45, 2.75) is 25.4 Å².